The van der Waals surface area contributed by atoms with E-state index in [2.05, 4.69) is 21.2 Å². The molecule has 0 aliphatic heterocycles. The Hall–Kier alpha value is -1.46. The minimum atomic E-state index is -0.157. The van der Waals surface area contributed by atoms with E-state index in [-0.39, 0.29) is 17.7 Å². The van der Waals surface area contributed by atoms with E-state index in [4.69, 9.17) is 0 Å². The number of thiophene rings is 1. The van der Waals surface area contributed by atoms with Crippen LogP contribution >= 0.6 is 27.3 Å². The first-order valence-electron chi connectivity index (χ1n) is 6.14. The van der Waals surface area contributed by atoms with E-state index in [0.717, 1.165) is 10.0 Å². The van der Waals surface area contributed by atoms with Crippen molar-refractivity contribution >= 4 is 39.0 Å². The molecule has 0 saturated heterocycles. The number of hydrogen-bond acceptors (Lipinski definition) is 3. The standard InChI is InChI=1S/C15H14BrNO2S/c1-9(11-4-3-5-12(16)8-11)17-15(19)14-7-6-13(20-14)10(2)18/h3-9H,1-2H3,(H,17,19)/t9-/m0/s1. The maximum Gasteiger partial charge on any atom is 0.261 e. The van der Waals surface area contributed by atoms with Gasteiger partial charge in [0.05, 0.1) is 15.8 Å². The molecular formula is C15H14BrNO2S. The normalized spacial score (nSPS) is 11.9. The van der Waals surface area contributed by atoms with Crippen molar-refractivity contribution in [1.82, 2.24) is 5.32 Å². The smallest absolute Gasteiger partial charge is 0.261 e. The molecule has 1 amide bonds. The summed E-state index contributed by atoms with van der Waals surface area (Å²) in [6.07, 6.45) is 0. The molecule has 0 bridgehead atoms. The van der Waals surface area contributed by atoms with Gasteiger partial charge < -0.3 is 5.32 Å². The van der Waals surface area contributed by atoms with Gasteiger partial charge in [-0.05, 0) is 43.7 Å². The lowest BCUT2D eigenvalue weighted by atomic mass is 10.1. The van der Waals surface area contributed by atoms with Gasteiger partial charge in [0.1, 0.15) is 0 Å². The van der Waals surface area contributed by atoms with Gasteiger partial charge in [-0.25, -0.2) is 0 Å². The van der Waals surface area contributed by atoms with Crippen LogP contribution in [0.15, 0.2) is 40.9 Å². The Morgan fingerprint density at radius 2 is 1.90 bits per heavy atom. The number of Topliss-reactive ketones (excluding diaryl/α,β-unsaturated/α-hetero) is 1. The van der Waals surface area contributed by atoms with Crippen molar-refractivity contribution in [3.63, 3.8) is 0 Å². The number of ketones is 1. The molecule has 0 saturated carbocycles. The summed E-state index contributed by atoms with van der Waals surface area (Å²) in [4.78, 5) is 24.5. The van der Waals surface area contributed by atoms with E-state index in [0.29, 0.717) is 9.75 Å². The highest BCUT2D eigenvalue weighted by molar-refractivity contribution is 9.10. The fourth-order valence-electron chi connectivity index (χ4n) is 1.78. The minimum Gasteiger partial charge on any atom is -0.345 e. The summed E-state index contributed by atoms with van der Waals surface area (Å²) in [5.41, 5.74) is 1.02. The van der Waals surface area contributed by atoms with Gasteiger partial charge in [0.25, 0.3) is 5.91 Å². The van der Waals surface area contributed by atoms with Crippen LogP contribution in [0.4, 0.5) is 0 Å². The first-order chi connectivity index (χ1) is 9.47. The topological polar surface area (TPSA) is 46.2 Å². The fraction of sp³-hybridized carbons (Fsp3) is 0.200. The fourth-order valence-corrected chi connectivity index (χ4v) is 3.00. The highest BCUT2D eigenvalue weighted by Gasteiger charge is 2.14. The number of hydrogen-bond donors (Lipinski definition) is 1. The van der Waals surface area contributed by atoms with Gasteiger partial charge in [-0.15, -0.1) is 11.3 Å². The van der Waals surface area contributed by atoms with Crippen molar-refractivity contribution in [2.24, 2.45) is 0 Å². The monoisotopic (exact) mass is 351 g/mol. The first-order valence-corrected chi connectivity index (χ1v) is 7.75. The average Bonchev–Trinajstić information content (AvgIpc) is 2.88. The molecule has 20 heavy (non-hydrogen) atoms. The summed E-state index contributed by atoms with van der Waals surface area (Å²) in [5.74, 6) is -0.177. The lowest BCUT2D eigenvalue weighted by molar-refractivity contribution is 0.0943. The van der Waals surface area contributed by atoms with E-state index in [1.807, 2.05) is 31.2 Å². The van der Waals surface area contributed by atoms with Crippen LogP contribution in [0.25, 0.3) is 0 Å². The van der Waals surface area contributed by atoms with Crippen molar-refractivity contribution in [3.05, 3.63) is 56.2 Å². The zero-order valence-corrected chi connectivity index (χ0v) is 13.5. The quantitative estimate of drug-likeness (QED) is 0.838. The van der Waals surface area contributed by atoms with Crippen LogP contribution in [0, 0.1) is 0 Å². The average molecular weight is 352 g/mol. The molecular weight excluding hydrogens is 338 g/mol. The van der Waals surface area contributed by atoms with E-state index in [9.17, 15) is 9.59 Å². The molecule has 0 spiro atoms. The molecule has 0 aliphatic carbocycles. The zero-order chi connectivity index (χ0) is 14.7. The van der Waals surface area contributed by atoms with Crippen molar-refractivity contribution in [3.8, 4) is 0 Å². The number of carbonyl (C=O) groups is 2. The third-order valence-electron chi connectivity index (χ3n) is 2.87. The van der Waals surface area contributed by atoms with Gasteiger partial charge in [0.2, 0.25) is 0 Å². The highest BCUT2D eigenvalue weighted by Crippen LogP contribution is 2.20. The van der Waals surface area contributed by atoms with Gasteiger partial charge in [-0.1, -0.05) is 28.1 Å². The van der Waals surface area contributed by atoms with E-state index in [1.54, 1.807) is 12.1 Å². The molecule has 0 fully saturated rings. The number of benzene rings is 1. The molecule has 1 aromatic heterocycles. The molecule has 3 nitrogen and oxygen atoms in total. The van der Waals surface area contributed by atoms with Gasteiger partial charge in [-0.3, -0.25) is 9.59 Å². The summed E-state index contributed by atoms with van der Waals surface area (Å²) in [6.45, 7) is 3.43. The van der Waals surface area contributed by atoms with Crippen LogP contribution in [0.1, 0.15) is 44.8 Å². The molecule has 5 heteroatoms. The molecule has 1 aromatic carbocycles. The zero-order valence-electron chi connectivity index (χ0n) is 11.1. The minimum absolute atomic E-state index is 0.0194. The number of nitrogens with one attached hydrogen (secondary N) is 1. The molecule has 2 rings (SSSR count). The van der Waals surface area contributed by atoms with Gasteiger partial charge in [0.15, 0.2) is 5.78 Å². The Bertz CT molecular complexity index is 651. The molecule has 0 aliphatic rings. The summed E-state index contributed by atoms with van der Waals surface area (Å²) in [7, 11) is 0. The largest absolute Gasteiger partial charge is 0.345 e. The molecule has 0 radical (unpaired) electrons. The third kappa shape index (κ3) is 3.55. The first kappa shape index (κ1) is 14.9. The lowest BCUT2D eigenvalue weighted by Gasteiger charge is -2.13. The Morgan fingerprint density at radius 3 is 2.50 bits per heavy atom. The van der Waals surface area contributed by atoms with E-state index >= 15 is 0 Å². The van der Waals surface area contributed by atoms with Crippen molar-refractivity contribution in [1.29, 1.82) is 0 Å². The summed E-state index contributed by atoms with van der Waals surface area (Å²) in [5, 5.41) is 2.93. The number of rotatable bonds is 4. The van der Waals surface area contributed by atoms with Crippen molar-refractivity contribution < 1.29 is 9.59 Å². The lowest BCUT2D eigenvalue weighted by Crippen LogP contribution is -2.25. The van der Waals surface area contributed by atoms with Crippen LogP contribution in [0.2, 0.25) is 0 Å². The number of halogens is 1. The third-order valence-corrected chi connectivity index (χ3v) is 4.55. The second kappa shape index (κ2) is 6.33. The van der Waals surface area contributed by atoms with Crippen molar-refractivity contribution in [2.45, 2.75) is 19.9 Å². The SMILES string of the molecule is CC(=O)c1ccc(C(=O)N[C@@H](C)c2cccc(Br)c2)s1. The maximum atomic E-state index is 12.1. The van der Waals surface area contributed by atoms with Crippen LogP contribution in [-0.4, -0.2) is 11.7 Å². The number of carbonyl (C=O) groups excluding carboxylic acids is 2. The Morgan fingerprint density at radius 1 is 1.20 bits per heavy atom. The van der Waals surface area contributed by atoms with Gasteiger partial charge in [0, 0.05) is 4.47 Å². The highest BCUT2D eigenvalue weighted by atomic mass is 79.9. The molecule has 1 heterocycles. The van der Waals surface area contributed by atoms with Crippen LogP contribution in [-0.2, 0) is 0 Å². The summed E-state index contributed by atoms with van der Waals surface area (Å²) < 4.78 is 0.978. The second-order valence-electron chi connectivity index (χ2n) is 4.47. The molecule has 104 valence electrons. The summed E-state index contributed by atoms with van der Waals surface area (Å²) in [6, 6.07) is 11.1. The molecule has 1 N–H and O–H groups in total. The molecule has 0 unspecified atom stereocenters. The van der Waals surface area contributed by atoms with E-state index in [1.165, 1.54) is 18.3 Å². The number of amides is 1. The predicted octanol–water partition coefficient (Wildman–Crippen LogP) is 4.20. The molecule has 2 aromatic rings. The second-order valence-corrected chi connectivity index (χ2v) is 6.47. The Balaban J connectivity index is 2.08. The van der Waals surface area contributed by atoms with Gasteiger partial charge in [-0.2, -0.15) is 0 Å². The predicted molar refractivity (Wildman–Crippen MR) is 84.3 cm³/mol. The van der Waals surface area contributed by atoms with E-state index < -0.39 is 0 Å². The Kier molecular flexibility index (Phi) is 4.73. The molecule has 1 atom stereocenters. The van der Waals surface area contributed by atoms with Crippen LogP contribution in [0.5, 0.6) is 0 Å². The summed E-state index contributed by atoms with van der Waals surface area (Å²) >= 11 is 4.63. The Labute approximate surface area is 130 Å². The maximum absolute atomic E-state index is 12.1. The van der Waals surface area contributed by atoms with Gasteiger partial charge >= 0.3 is 0 Å². The van der Waals surface area contributed by atoms with Crippen LogP contribution in [0.3, 0.4) is 0 Å². The van der Waals surface area contributed by atoms with Crippen LogP contribution < -0.4 is 5.32 Å². The van der Waals surface area contributed by atoms with Crippen molar-refractivity contribution in [2.75, 3.05) is 0 Å².